The number of carbonyl (C=O) groups excluding carboxylic acids is 2. The predicted molar refractivity (Wildman–Crippen MR) is 98.4 cm³/mol. The molecule has 1 unspecified atom stereocenters. The van der Waals surface area contributed by atoms with Crippen molar-refractivity contribution in [3.8, 4) is 0 Å². The highest BCUT2D eigenvalue weighted by Crippen LogP contribution is 2.39. The quantitative estimate of drug-likeness (QED) is 0.565. The first kappa shape index (κ1) is 20.9. The van der Waals surface area contributed by atoms with Crippen LogP contribution in [0.4, 0.5) is 13.2 Å². The average Bonchev–Trinajstić information content (AvgIpc) is 3.07. The summed E-state index contributed by atoms with van der Waals surface area (Å²) >= 11 is 0. The molecule has 1 saturated heterocycles. The summed E-state index contributed by atoms with van der Waals surface area (Å²) in [5, 5.41) is 0. The molecule has 28 heavy (non-hydrogen) atoms. The fourth-order valence-corrected chi connectivity index (χ4v) is 4.44. The summed E-state index contributed by atoms with van der Waals surface area (Å²) in [5.74, 6) is -0.616. The van der Waals surface area contributed by atoms with Crippen molar-refractivity contribution in [2.24, 2.45) is 17.8 Å². The van der Waals surface area contributed by atoms with Crippen molar-refractivity contribution >= 4 is 11.8 Å². The van der Waals surface area contributed by atoms with E-state index in [1.54, 1.807) is 0 Å². The number of cyclic esters (lactones) is 1. The molecule has 0 aromatic heterocycles. The van der Waals surface area contributed by atoms with Crippen LogP contribution in [0.3, 0.4) is 0 Å². The van der Waals surface area contributed by atoms with Gasteiger partial charge in [0.05, 0.1) is 17.9 Å². The Morgan fingerprint density at radius 1 is 1.14 bits per heavy atom. The predicted octanol–water partition coefficient (Wildman–Crippen LogP) is 5.88. The van der Waals surface area contributed by atoms with Gasteiger partial charge in [-0.1, -0.05) is 51.2 Å². The summed E-state index contributed by atoms with van der Waals surface area (Å²) < 4.78 is 43.6. The molecule has 154 valence electrons. The van der Waals surface area contributed by atoms with Crippen molar-refractivity contribution < 1.29 is 27.5 Å². The second kappa shape index (κ2) is 8.66. The molecule has 0 radical (unpaired) electrons. The summed E-state index contributed by atoms with van der Waals surface area (Å²) in [6, 6.07) is 4.54. The van der Waals surface area contributed by atoms with Gasteiger partial charge >= 0.3 is 12.1 Å². The second-order valence-electron chi connectivity index (χ2n) is 8.23. The van der Waals surface area contributed by atoms with Gasteiger partial charge in [-0.3, -0.25) is 9.59 Å². The summed E-state index contributed by atoms with van der Waals surface area (Å²) in [5.41, 5.74) is -0.319. The Balaban J connectivity index is 1.65. The van der Waals surface area contributed by atoms with E-state index < -0.39 is 29.7 Å². The Morgan fingerprint density at radius 2 is 1.79 bits per heavy atom. The van der Waals surface area contributed by atoms with E-state index >= 15 is 0 Å². The van der Waals surface area contributed by atoms with Gasteiger partial charge in [-0.05, 0) is 36.5 Å². The normalized spacial score (nSPS) is 24.8. The fourth-order valence-electron chi connectivity index (χ4n) is 4.44. The van der Waals surface area contributed by atoms with Crippen LogP contribution in [-0.4, -0.2) is 11.8 Å². The number of alkyl halides is 3. The van der Waals surface area contributed by atoms with E-state index in [9.17, 15) is 22.8 Å². The first-order valence-electron chi connectivity index (χ1n) is 10.2. The van der Waals surface area contributed by atoms with Crippen LogP contribution >= 0.6 is 0 Å². The summed E-state index contributed by atoms with van der Waals surface area (Å²) in [6.45, 7) is 1.89. The number of Topliss-reactive ketones (excluding diaryl/α,β-unsaturated/α-hetero) is 1. The van der Waals surface area contributed by atoms with Crippen molar-refractivity contribution in [3.63, 3.8) is 0 Å². The third kappa shape index (κ3) is 4.95. The van der Waals surface area contributed by atoms with Crippen LogP contribution in [-0.2, 0) is 20.5 Å². The monoisotopic (exact) mass is 396 g/mol. The molecule has 1 aliphatic carbocycles. The maximum absolute atomic E-state index is 13.0. The SMILES string of the molecule is CC(CCC1CCCCC1)C(=O)[C@H]1CC(=O)O[C@@H]1c1ccc(C(F)(F)F)cc1. The zero-order chi connectivity index (χ0) is 20.3. The number of rotatable bonds is 6. The van der Waals surface area contributed by atoms with Gasteiger partial charge in [-0.25, -0.2) is 0 Å². The summed E-state index contributed by atoms with van der Waals surface area (Å²) in [7, 11) is 0. The standard InChI is InChI=1S/C22H27F3O3/c1-14(7-8-15-5-3-2-4-6-15)20(27)18-13-19(26)28-21(18)16-9-11-17(12-10-16)22(23,24)25/h9-12,14-15,18,21H,2-8,13H2,1H3/t14?,18-,21-/m1/s1. The molecule has 1 saturated carbocycles. The number of esters is 1. The van der Waals surface area contributed by atoms with Crippen molar-refractivity contribution in [2.75, 3.05) is 0 Å². The summed E-state index contributed by atoms with van der Waals surface area (Å²) in [6.07, 6.45) is 2.84. The van der Waals surface area contributed by atoms with Crippen LogP contribution in [0.1, 0.15) is 75.5 Å². The van der Waals surface area contributed by atoms with E-state index in [-0.39, 0.29) is 18.1 Å². The molecule has 0 bridgehead atoms. The van der Waals surface area contributed by atoms with Crippen LogP contribution in [0.2, 0.25) is 0 Å². The molecule has 0 spiro atoms. The van der Waals surface area contributed by atoms with Crippen LogP contribution in [0.15, 0.2) is 24.3 Å². The third-order valence-electron chi connectivity index (χ3n) is 6.16. The van der Waals surface area contributed by atoms with E-state index in [2.05, 4.69) is 0 Å². The number of ketones is 1. The first-order chi connectivity index (χ1) is 13.3. The zero-order valence-corrected chi connectivity index (χ0v) is 16.1. The maximum atomic E-state index is 13.0. The highest BCUT2D eigenvalue weighted by Gasteiger charge is 2.42. The first-order valence-corrected chi connectivity index (χ1v) is 10.2. The highest BCUT2D eigenvalue weighted by atomic mass is 19.4. The molecular weight excluding hydrogens is 369 g/mol. The van der Waals surface area contributed by atoms with Gasteiger partial charge in [0.1, 0.15) is 11.9 Å². The van der Waals surface area contributed by atoms with Crippen molar-refractivity contribution in [1.82, 2.24) is 0 Å². The molecule has 0 N–H and O–H groups in total. The zero-order valence-electron chi connectivity index (χ0n) is 16.1. The minimum absolute atomic E-state index is 0.00170. The highest BCUT2D eigenvalue weighted by molar-refractivity contribution is 5.89. The van der Waals surface area contributed by atoms with Gasteiger partial charge in [-0.15, -0.1) is 0 Å². The van der Waals surface area contributed by atoms with Crippen LogP contribution in [0, 0.1) is 17.8 Å². The van der Waals surface area contributed by atoms with Crippen LogP contribution in [0.25, 0.3) is 0 Å². The third-order valence-corrected chi connectivity index (χ3v) is 6.16. The lowest BCUT2D eigenvalue weighted by Crippen LogP contribution is -2.25. The van der Waals surface area contributed by atoms with Gasteiger partial charge in [0.25, 0.3) is 0 Å². The molecule has 3 atom stereocenters. The van der Waals surface area contributed by atoms with E-state index in [0.717, 1.165) is 25.0 Å². The molecule has 2 fully saturated rings. The minimum Gasteiger partial charge on any atom is -0.457 e. The lowest BCUT2D eigenvalue weighted by molar-refractivity contribution is -0.142. The molecule has 3 nitrogen and oxygen atoms in total. The number of hydrogen-bond acceptors (Lipinski definition) is 3. The molecule has 1 aromatic carbocycles. The van der Waals surface area contributed by atoms with E-state index in [1.165, 1.54) is 44.2 Å². The average molecular weight is 396 g/mol. The number of benzene rings is 1. The Hall–Kier alpha value is -1.85. The van der Waals surface area contributed by atoms with Crippen LogP contribution < -0.4 is 0 Å². The molecule has 1 heterocycles. The topological polar surface area (TPSA) is 43.4 Å². The van der Waals surface area contributed by atoms with Crippen molar-refractivity contribution in [1.29, 1.82) is 0 Å². The van der Waals surface area contributed by atoms with Gasteiger partial charge in [-0.2, -0.15) is 13.2 Å². The Bertz CT molecular complexity index is 690. The summed E-state index contributed by atoms with van der Waals surface area (Å²) in [4.78, 5) is 24.8. The van der Waals surface area contributed by atoms with E-state index in [1.807, 2.05) is 6.92 Å². The molecule has 1 aliphatic heterocycles. The minimum atomic E-state index is -4.42. The maximum Gasteiger partial charge on any atom is 0.416 e. The molecular formula is C22H27F3O3. The molecule has 0 amide bonds. The Labute approximate surface area is 163 Å². The van der Waals surface area contributed by atoms with Gasteiger partial charge in [0.2, 0.25) is 0 Å². The van der Waals surface area contributed by atoms with Gasteiger partial charge < -0.3 is 4.74 Å². The molecule has 3 rings (SSSR count). The smallest absolute Gasteiger partial charge is 0.416 e. The number of halogens is 3. The Morgan fingerprint density at radius 3 is 2.39 bits per heavy atom. The van der Waals surface area contributed by atoms with Crippen LogP contribution in [0.5, 0.6) is 0 Å². The van der Waals surface area contributed by atoms with E-state index in [0.29, 0.717) is 11.5 Å². The van der Waals surface area contributed by atoms with E-state index in [4.69, 9.17) is 4.74 Å². The lowest BCUT2D eigenvalue weighted by Gasteiger charge is -2.24. The number of ether oxygens (including phenoxy) is 1. The number of carbonyl (C=O) groups is 2. The van der Waals surface area contributed by atoms with Crippen molar-refractivity contribution in [2.45, 2.75) is 70.6 Å². The van der Waals surface area contributed by atoms with Gasteiger partial charge in [0.15, 0.2) is 0 Å². The van der Waals surface area contributed by atoms with Gasteiger partial charge in [0, 0.05) is 5.92 Å². The fraction of sp³-hybridized carbons (Fsp3) is 0.636. The largest absolute Gasteiger partial charge is 0.457 e. The Kier molecular flexibility index (Phi) is 6.46. The number of hydrogen-bond donors (Lipinski definition) is 0. The molecule has 6 heteroatoms. The molecule has 2 aliphatic rings. The molecule has 1 aromatic rings. The second-order valence-corrected chi connectivity index (χ2v) is 8.23. The van der Waals surface area contributed by atoms with Crippen molar-refractivity contribution in [3.05, 3.63) is 35.4 Å². The lowest BCUT2D eigenvalue weighted by atomic mass is 9.80.